The lowest BCUT2D eigenvalue weighted by atomic mass is 10.00. The highest BCUT2D eigenvalue weighted by Gasteiger charge is 2.28. The van der Waals surface area contributed by atoms with Crippen LogP contribution in [0.1, 0.15) is 20.3 Å². The Hall–Kier alpha value is -2.09. The molecule has 0 aliphatic rings. The minimum atomic E-state index is -0.926. The number of primary amides is 1. The van der Waals surface area contributed by atoms with E-state index in [1.54, 1.807) is 18.5 Å². The SMILES string of the molecule is CC(C)(CC(N)=O)n1c(SCC(=O)O)nc2cnccc21. The third kappa shape index (κ3) is 3.33. The van der Waals surface area contributed by atoms with Crippen molar-refractivity contribution in [3.8, 4) is 0 Å². The molecule has 2 rings (SSSR count). The Balaban J connectivity index is 2.54. The third-order valence-corrected chi connectivity index (χ3v) is 3.89. The number of thioether (sulfide) groups is 1. The number of amides is 1. The standard InChI is InChI=1S/C13H16N4O3S/c1-13(2,5-10(14)18)17-9-3-4-15-6-8(9)16-12(17)21-7-11(19)20/h3-4,6H,5,7H2,1-2H3,(H2,14,18)(H,19,20). The van der Waals surface area contributed by atoms with Crippen LogP contribution in [0.15, 0.2) is 23.6 Å². The van der Waals surface area contributed by atoms with Gasteiger partial charge in [0.2, 0.25) is 5.91 Å². The molecule has 7 nitrogen and oxygen atoms in total. The number of fused-ring (bicyclic) bond motifs is 1. The largest absolute Gasteiger partial charge is 0.481 e. The van der Waals surface area contributed by atoms with Crippen molar-refractivity contribution in [2.45, 2.75) is 31.0 Å². The first-order valence-corrected chi connectivity index (χ1v) is 7.25. The molecule has 0 fully saturated rings. The molecule has 21 heavy (non-hydrogen) atoms. The summed E-state index contributed by atoms with van der Waals surface area (Å²) in [4.78, 5) is 30.5. The molecule has 0 unspecified atom stereocenters. The fraction of sp³-hybridized carbons (Fsp3) is 0.385. The zero-order valence-corrected chi connectivity index (χ0v) is 12.6. The number of carboxylic acids is 1. The molecule has 0 spiro atoms. The number of nitrogens with zero attached hydrogens (tertiary/aromatic N) is 3. The molecule has 0 atom stereocenters. The number of rotatable bonds is 6. The lowest BCUT2D eigenvalue weighted by Gasteiger charge is -2.27. The number of nitrogens with two attached hydrogens (primary N) is 1. The third-order valence-electron chi connectivity index (χ3n) is 2.96. The summed E-state index contributed by atoms with van der Waals surface area (Å²) in [7, 11) is 0. The second-order valence-electron chi connectivity index (χ2n) is 5.23. The van der Waals surface area contributed by atoms with E-state index in [-0.39, 0.29) is 12.2 Å². The molecule has 0 aliphatic heterocycles. The lowest BCUT2D eigenvalue weighted by Crippen LogP contribution is -2.32. The van der Waals surface area contributed by atoms with Crippen LogP contribution < -0.4 is 5.73 Å². The molecule has 0 aromatic carbocycles. The molecule has 0 bridgehead atoms. The molecule has 3 N–H and O–H groups in total. The van der Waals surface area contributed by atoms with E-state index in [0.29, 0.717) is 10.7 Å². The molecule has 112 valence electrons. The van der Waals surface area contributed by atoms with Crippen LogP contribution in [0, 0.1) is 0 Å². The van der Waals surface area contributed by atoms with Crippen LogP contribution in [0.4, 0.5) is 0 Å². The average Bonchev–Trinajstić information content (AvgIpc) is 2.73. The number of carbonyl (C=O) groups is 2. The van der Waals surface area contributed by atoms with Crippen LogP contribution in [0.3, 0.4) is 0 Å². The predicted molar refractivity (Wildman–Crippen MR) is 79.0 cm³/mol. The molecular formula is C13H16N4O3S. The Morgan fingerprint density at radius 3 is 2.81 bits per heavy atom. The summed E-state index contributed by atoms with van der Waals surface area (Å²) in [6.45, 7) is 3.73. The van der Waals surface area contributed by atoms with Gasteiger partial charge in [-0.1, -0.05) is 11.8 Å². The summed E-state index contributed by atoms with van der Waals surface area (Å²) in [5, 5.41) is 9.38. The van der Waals surface area contributed by atoms with Crippen molar-refractivity contribution in [2.24, 2.45) is 5.73 Å². The van der Waals surface area contributed by atoms with Gasteiger partial charge < -0.3 is 15.4 Å². The number of aromatic nitrogens is 3. The van der Waals surface area contributed by atoms with Crippen molar-refractivity contribution in [3.05, 3.63) is 18.5 Å². The maximum atomic E-state index is 11.3. The topological polar surface area (TPSA) is 111 Å². The van der Waals surface area contributed by atoms with Gasteiger partial charge >= 0.3 is 5.97 Å². The second-order valence-corrected chi connectivity index (χ2v) is 6.17. The van der Waals surface area contributed by atoms with E-state index in [2.05, 4.69) is 9.97 Å². The van der Waals surface area contributed by atoms with Gasteiger partial charge in [0.25, 0.3) is 0 Å². The number of hydrogen-bond acceptors (Lipinski definition) is 5. The Morgan fingerprint density at radius 2 is 2.19 bits per heavy atom. The number of carboxylic acid groups (broad SMARTS) is 1. The molecule has 2 aromatic rings. The van der Waals surface area contributed by atoms with Gasteiger partial charge in [-0.15, -0.1) is 0 Å². The Bertz CT molecular complexity index is 696. The summed E-state index contributed by atoms with van der Waals surface area (Å²) < 4.78 is 1.85. The van der Waals surface area contributed by atoms with E-state index < -0.39 is 17.4 Å². The van der Waals surface area contributed by atoms with E-state index in [4.69, 9.17) is 10.8 Å². The fourth-order valence-electron chi connectivity index (χ4n) is 2.22. The molecule has 2 aromatic heterocycles. The van der Waals surface area contributed by atoms with E-state index in [1.165, 1.54) is 0 Å². The highest BCUT2D eigenvalue weighted by molar-refractivity contribution is 7.99. The summed E-state index contributed by atoms with van der Waals surface area (Å²) in [6.07, 6.45) is 3.37. The van der Waals surface area contributed by atoms with E-state index in [0.717, 1.165) is 17.3 Å². The van der Waals surface area contributed by atoms with Gasteiger partial charge in [-0.05, 0) is 19.9 Å². The number of imidazole rings is 1. The van der Waals surface area contributed by atoms with E-state index in [9.17, 15) is 9.59 Å². The Morgan fingerprint density at radius 1 is 1.48 bits per heavy atom. The van der Waals surface area contributed by atoms with Crippen molar-refractivity contribution in [3.63, 3.8) is 0 Å². The average molecular weight is 308 g/mol. The second kappa shape index (κ2) is 5.72. The van der Waals surface area contributed by atoms with Gasteiger partial charge in [0.05, 0.1) is 23.0 Å². The van der Waals surface area contributed by atoms with Crippen LogP contribution in [0.25, 0.3) is 11.0 Å². The number of carbonyl (C=O) groups excluding carboxylic acids is 1. The normalized spacial score (nSPS) is 11.7. The first-order valence-electron chi connectivity index (χ1n) is 6.27. The zero-order valence-electron chi connectivity index (χ0n) is 11.7. The summed E-state index contributed by atoms with van der Waals surface area (Å²) in [5.74, 6) is -1.46. The smallest absolute Gasteiger partial charge is 0.313 e. The van der Waals surface area contributed by atoms with Gasteiger partial charge in [0.1, 0.15) is 5.52 Å². The zero-order chi connectivity index (χ0) is 15.6. The predicted octanol–water partition coefficient (Wildman–Crippen LogP) is 1.22. The first kappa shape index (κ1) is 15.3. The van der Waals surface area contributed by atoms with Crippen molar-refractivity contribution in [1.82, 2.24) is 14.5 Å². The highest BCUT2D eigenvalue weighted by Crippen LogP contribution is 2.32. The lowest BCUT2D eigenvalue weighted by molar-refractivity contribution is -0.134. The Labute approximate surface area is 125 Å². The maximum absolute atomic E-state index is 11.3. The molecule has 0 aliphatic carbocycles. The minimum absolute atomic E-state index is 0.108. The van der Waals surface area contributed by atoms with Gasteiger partial charge in [-0.25, -0.2) is 4.98 Å². The van der Waals surface area contributed by atoms with Gasteiger partial charge in [-0.3, -0.25) is 14.6 Å². The summed E-state index contributed by atoms with van der Waals surface area (Å²) in [6, 6.07) is 1.79. The highest BCUT2D eigenvalue weighted by atomic mass is 32.2. The molecular weight excluding hydrogens is 292 g/mol. The van der Waals surface area contributed by atoms with Crippen LogP contribution in [0.2, 0.25) is 0 Å². The number of pyridine rings is 1. The van der Waals surface area contributed by atoms with Gasteiger partial charge in [0, 0.05) is 12.6 Å². The van der Waals surface area contributed by atoms with Gasteiger partial charge in [0.15, 0.2) is 5.16 Å². The van der Waals surface area contributed by atoms with Crippen molar-refractivity contribution in [2.75, 3.05) is 5.75 Å². The number of hydrogen-bond donors (Lipinski definition) is 2. The molecule has 0 saturated carbocycles. The minimum Gasteiger partial charge on any atom is -0.481 e. The van der Waals surface area contributed by atoms with Crippen LogP contribution in [0.5, 0.6) is 0 Å². The fourth-order valence-corrected chi connectivity index (χ4v) is 3.11. The molecule has 0 radical (unpaired) electrons. The molecule has 1 amide bonds. The van der Waals surface area contributed by atoms with Gasteiger partial charge in [-0.2, -0.15) is 0 Å². The Kier molecular flexibility index (Phi) is 4.17. The van der Waals surface area contributed by atoms with Crippen molar-refractivity contribution in [1.29, 1.82) is 0 Å². The van der Waals surface area contributed by atoms with Crippen LogP contribution in [-0.4, -0.2) is 37.3 Å². The molecule has 2 heterocycles. The van der Waals surface area contributed by atoms with Crippen molar-refractivity contribution < 1.29 is 14.7 Å². The van der Waals surface area contributed by atoms with Crippen LogP contribution >= 0.6 is 11.8 Å². The van der Waals surface area contributed by atoms with Crippen molar-refractivity contribution >= 4 is 34.7 Å². The van der Waals surface area contributed by atoms with E-state index >= 15 is 0 Å². The summed E-state index contributed by atoms with van der Waals surface area (Å²) >= 11 is 1.11. The number of aliphatic carboxylic acids is 1. The quantitative estimate of drug-likeness (QED) is 0.776. The molecule has 8 heteroatoms. The molecule has 0 saturated heterocycles. The van der Waals surface area contributed by atoms with E-state index in [1.807, 2.05) is 18.4 Å². The van der Waals surface area contributed by atoms with Crippen LogP contribution in [-0.2, 0) is 15.1 Å². The summed E-state index contributed by atoms with van der Waals surface area (Å²) in [5.41, 5.74) is 6.16. The maximum Gasteiger partial charge on any atom is 0.313 e. The monoisotopic (exact) mass is 308 g/mol. The first-order chi connectivity index (χ1) is 9.81.